The molecule has 2 aromatic rings. The average molecular weight is 355 g/mol. The van der Waals surface area contributed by atoms with Crippen LogP contribution in [0.2, 0.25) is 0 Å². The Morgan fingerprint density at radius 3 is 2.81 bits per heavy atom. The first-order valence-corrected chi connectivity index (χ1v) is 7.79. The number of aryl methyl sites for hydroxylation is 1. The molecular weight excluding hydrogens is 347 g/mol. The van der Waals surface area contributed by atoms with Gasteiger partial charge >= 0.3 is 6.61 Å². The van der Waals surface area contributed by atoms with E-state index in [-0.39, 0.29) is 5.75 Å². The number of aromatic nitrogens is 1. The summed E-state index contributed by atoms with van der Waals surface area (Å²) in [7, 11) is 1.54. The predicted octanol–water partition coefficient (Wildman–Crippen LogP) is 4.40. The Balaban J connectivity index is 2.52. The molecule has 0 saturated heterocycles. The van der Waals surface area contributed by atoms with Crippen molar-refractivity contribution in [2.45, 2.75) is 13.5 Å². The van der Waals surface area contributed by atoms with Crippen molar-refractivity contribution in [3.8, 4) is 5.75 Å². The molecule has 16 heavy (non-hydrogen) atoms. The zero-order valence-corrected chi connectivity index (χ0v) is 11.3. The van der Waals surface area contributed by atoms with Crippen LogP contribution in [0.25, 0.3) is 10.9 Å². The number of nitrogens with zero attached hydrogens (tertiary/aromatic N) is 1. The van der Waals surface area contributed by atoms with Gasteiger partial charge < -0.3 is 4.74 Å². The average Bonchev–Trinajstić information content (AvgIpc) is 2.59. The molecule has 0 aliphatic carbocycles. The fourth-order valence-electron chi connectivity index (χ4n) is 1.65. The van der Waals surface area contributed by atoms with Gasteiger partial charge in [-0.2, -0.15) is 8.78 Å². The number of fused-ring (bicyclic) bond motifs is 1. The van der Waals surface area contributed by atoms with E-state index in [2.05, 4.69) is 25.9 Å². The minimum atomic E-state index is -2.78. The van der Waals surface area contributed by atoms with Crippen LogP contribution >= 0.6 is 30.3 Å². The summed E-state index contributed by atoms with van der Waals surface area (Å²) in [6.07, 6.45) is 1.90. The molecule has 1 heterocycles. The third-order valence-corrected chi connectivity index (χ3v) is 3.94. The molecule has 6 heteroatoms. The Morgan fingerprint density at radius 2 is 2.19 bits per heavy atom. The van der Waals surface area contributed by atoms with Gasteiger partial charge in [-0.15, -0.1) is 0 Å². The number of hydrogen-bond acceptors (Lipinski definition) is 2. The van der Waals surface area contributed by atoms with Crippen molar-refractivity contribution in [3.05, 3.63) is 30.0 Å². The lowest BCUT2D eigenvalue weighted by Crippen LogP contribution is -2.02. The minimum Gasteiger partial charge on any atom is -0.435 e. The van der Waals surface area contributed by atoms with Gasteiger partial charge in [0.15, 0.2) is 0 Å². The van der Waals surface area contributed by atoms with Crippen molar-refractivity contribution < 1.29 is 13.5 Å². The van der Waals surface area contributed by atoms with Crippen molar-refractivity contribution in [2.75, 3.05) is 0 Å². The second-order valence-corrected chi connectivity index (χ2v) is 4.98. The van der Waals surface area contributed by atoms with Crippen LogP contribution in [0.4, 0.5) is 8.78 Å². The van der Waals surface area contributed by atoms with Crippen LogP contribution < -0.4 is 4.74 Å². The van der Waals surface area contributed by atoms with Crippen molar-refractivity contribution >= 4 is 41.2 Å². The zero-order chi connectivity index (χ0) is 11.7. The lowest BCUT2D eigenvalue weighted by molar-refractivity contribution is -0.0497. The van der Waals surface area contributed by atoms with Crippen LogP contribution in [-0.2, 0) is 0 Å². The summed E-state index contributed by atoms with van der Waals surface area (Å²) in [5.41, 5.74) is 1.95. The van der Waals surface area contributed by atoms with Gasteiger partial charge in [0.1, 0.15) is 5.75 Å². The van der Waals surface area contributed by atoms with E-state index in [0.717, 1.165) is 16.5 Å². The summed E-state index contributed by atoms with van der Waals surface area (Å²) in [4.78, 5) is 0. The maximum Gasteiger partial charge on any atom is 0.387 e. The van der Waals surface area contributed by atoms with E-state index >= 15 is 0 Å². The molecule has 0 amide bonds. The number of alkyl halides is 2. The zero-order valence-electron chi connectivity index (χ0n) is 8.28. The summed E-state index contributed by atoms with van der Waals surface area (Å²) in [6.45, 7) is -0.901. The lowest BCUT2D eigenvalue weighted by atomic mass is 10.1. The van der Waals surface area contributed by atoms with E-state index in [4.69, 9.17) is 0 Å². The van der Waals surface area contributed by atoms with E-state index in [1.165, 1.54) is 9.12 Å². The predicted molar refractivity (Wildman–Crippen MR) is 70.3 cm³/mol. The van der Waals surface area contributed by atoms with Crippen molar-refractivity contribution in [1.29, 1.82) is 0 Å². The molecule has 0 atom stereocenters. The second kappa shape index (κ2) is 4.79. The van der Waals surface area contributed by atoms with Gasteiger partial charge in [0.25, 0.3) is 0 Å². The molecule has 0 N–H and O–H groups in total. The van der Waals surface area contributed by atoms with Crippen molar-refractivity contribution in [2.24, 2.45) is 0 Å². The van der Waals surface area contributed by atoms with E-state index in [9.17, 15) is 8.78 Å². The molecule has 1 aromatic heterocycles. The highest BCUT2D eigenvalue weighted by Gasteiger charge is 2.09. The smallest absolute Gasteiger partial charge is 0.387 e. The molecule has 0 radical (unpaired) electrons. The molecule has 0 bridgehead atoms. The van der Waals surface area contributed by atoms with Gasteiger partial charge in [-0.25, -0.2) is 0 Å². The first-order valence-electron chi connectivity index (χ1n) is 4.47. The molecule has 86 valence electrons. The first-order chi connectivity index (χ1) is 7.61. The SMILES string of the molecule is Cc1cc(OC(F)F)cc2ccn(SI)c12. The Kier molecular flexibility index (Phi) is 3.58. The first kappa shape index (κ1) is 12.0. The minimum absolute atomic E-state index is 0.205. The Bertz CT molecular complexity index is 515. The van der Waals surface area contributed by atoms with Gasteiger partial charge in [0.2, 0.25) is 0 Å². The van der Waals surface area contributed by atoms with E-state index in [1.54, 1.807) is 12.1 Å². The molecule has 0 unspecified atom stereocenters. The molecule has 0 spiro atoms. The van der Waals surface area contributed by atoms with Crippen LogP contribution in [0.15, 0.2) is 24.4 Å². The third-order valence-electron chi connectivity index (χ3n) is 2.21. The van der Waals surface area contributed by atoms with Crippen LogP contribution in [-0.4, -0.2) is 10.6 Å². The second-order valence-electron chi connectivity index (χ2n) is 3.27. The number of hydrogen-bond donors (Lipinski definition) is 0. The molecule has 0 saturated carbocycles. The number of ether oxygens (including phenoxy) is 1. The Labute approximate surface area is 108 Å². The molecule has 0 fully saturated rings. The van der Waals surface area contributed by atoms with E-state index in [0.29, 0.717) is 0 Å². The number of rotatable bonds is 3. The van der Waals surface area contributed by atoms with Crippen LogP contribution in [0.3, 0.4) is 0 Å². The Hall–Kier alpha value is -0.500. The normalized spacial score (nSPS) is 11.3. The molecule has 1 aromatic carbocycles. The van der Waals surface area contributed by atoms with E-state index in [1.807, 2.05) is 23.2 Å². The van der Waals surface area contributed by atoms with Gasteiger partial charge in [-0.1, -0.05) is 0 Å². The maximum atomic E-state index is 12.1. The monoisotopic (exact) mass is 355 g/mol. The van der Waals surface area contributed by atoms with Crippen molar-refractivity contribution in [3.63, 3.8) is 0 Å². The quantitative estimate of drug-likeness (QED) is 0.758. The topological polar surface area (TPSA) is 14.2 Å². The third kappa shape index (κ3) is 2.27. The summed E-state index contributed by atoms with van der Waals surface area (Å²) < 4.78 is 30.6. The van der Waals surface area contributed by atoms with Gasteiger partial charge in [0, 0.05) is 41.9 Å². The number of benzene rings is 1. The summed E-state index contributed by atoms with van der Waals surface area (Å²) in [6, 6.07) is 5.13. The molecule has 2 rings (SSSR count). The number of halogens is 3. The molecule has 0 aliphatic heterocycles. The summed E-state index contributed by atoms with van der Waals surface area (Å²) >= 11 is 2.17. The summed E-state index contributed by atoms with van der Waals surface area (Å²) in [5.74, 6) is 0.205. The molecular formula is C10H8F2INOS. The lowest BCUT2D eigenvalue weighted by Gasteiger charge is -2.07. The standard InChI is InChI=1S/C10H8F2INOS/c1-6-4-8(15-10(11)12)5-7-2-3-14(16-13)9(6)7/h2-5,10H,1H3. The highest BCUT2D eigenvalue weighted by molar-refractivity contribution is 14.2. The van der Waals surface area contributed by atoms with Crippen LogP contribution in [0, 0.1) is 6.92 Å². The largest absolute Gasteiger partial charge is 0.435 e. The maximum absolute atomic E-state index is 12.1. The fourth-order valence-corrected chi connectivity index (χ4v) is 3.06. The molecule has 0 aliphatic rings. The van der Waals surface area contributed by atoms with Gasteiger partial charge in [-0.3, -0.25) is 3.97 Å². The highest BCUT2D eigenvalue weighted by Crippen LogP contribution is 2.31. The Morgan fingerprint density at radius 1 is 1.44 bits per heavy atom. The van der Waals surface area contributed by atoms with Crippen LogP contribution in [0.1, 0.15) is 5.56 Å². The van der Waals surface area contributed by atoms with Gasteiger partial charge in [0.05, 0.1) is 5.52 Å². The summed E-state index contributed by atoms with van der Waals surface area (Å²) in [5, 5.41) is 0.903. The van der Waals surface area contributed by atoms with Crippen LogP contribution in [0.5, 0.6) is 5.75 Å². The van der Waals surface area contributed by atoms with E-state index < -0.39 is 6.61 Å². The molecule has 2 nitrogen and oxygen atoms in total. The van der Waals surface area contributed by atoms with Crippen molar-refractivity contribution in [1.82, 2.24) is 3.97 Å². The fraction of sp³-hybridized carbons (Fsp3) is 0.200. The highest BCUT2D eigenvalue weighted by atomic mass is 127. The van der Waals surface area contributed by atoms with Gasteiger partial charge in [-0.05, 0) is 30.7 Å².